The number of ether oxygens (including phenoxy) is 2. The van der Waals surface area contributed by atoms with Gasteiger partial charge in [0.15, 0.2) is 6.29 Å². The zero-order valence-electron chi connectivity index (χ0n) is 16.7. The molecular weight excluding hydrogens is 378 g/mol. The Morgan fingerprint density at radius 1 is 1.32 bits per heavy atom. The van der Waals surface area contributed by atoms with Gasteiger partial charge in [-0.1, -0.05) is 36.4 Å². The minimum Gasteiger partial charge on any atom is -0.453 e. The van der Waals surface area contributed by atoms with Crippen LogP contribution in [0.5, 0.6) is 0 Å². The molecule has 0 saturated carbocycles. The fraction of sp³-hybridized carbons (Fsp3) is 0.714. The molecule has 0 spiro atoms. The first-order chi connectivity index (χ1) is 13.4. The summed E-state index contributed by atoms with van der Waals surface area (Å²) in [6, 6.07) is -0.321. The normalized spacial score (nSPS) is 37.6. The Morgan fingerprint density at radius 3 is 2.86 bits per heavy atom. The molecule has 5 atom stereocenters. The molecule has 156 valence electrons. The zero-order chi connectivity index (χ0) is 20.1. The predicted molar refractivity (Wildman–Crippen MR) is 109 cm³/mol. The number of rotatable bonds is 2. The van der Waals surface area contributed by atoms with Crippen LogP contribution in [0.1, 0.15) is 58.8 Å². The Kier molecular flexibility index (Phi) is 7.23. The largest absolute Gasteiger partial charge is 0.453 e. The van der Waals surface area contributed by atoms with Crippen molar-refractivity contribution in [1.29, 1.82) is 0 Å². The van der Waals surface area contributed by atoms with Gasteiger partial charge in [0, 0.05) is 24.7 Å². The molecule has 28 heavy (non-hydrogen) atoms. The number of hydrogen-bond acceptors (Lipinski definition) is 6. The van der Waals surface area contributed by atoms with Crippen LogP contribution in [-0.4, -0.2) is 46.1 Å². The molecule has 6 nitrogen and oxygen atoms in total. The van der Waals surface area contributed by atoms with Gasteiger partial charge in [-0.25, -0.2) is 4.79 Å². The number of nitrogens with one attached hydrogen (secondary N) is 1. The lowest BCUT2D eigenvalue weighted by atomic mass is 9.81. The van der Waals surface area contributed by atoms with Crippen molar-refractivity contribution >= 4 is 23.0 Å². The van der Waals surface area contributed by atoms with E-state index in [1.807, 2.05) is 6.92 Å². The summed E-state index contributed by atoms with van der Waals surface area (Å²) >= 11 is 1.19. The number of aliphatic hydroxyl groups is 1. The van der Waals surface area contributed by atoms with Crippen LogP contribution < -0.4 is 5.32 Å². The number of thioether (sulfide) groups is 1. The van der Waals surface area contributed by atoms with Gasteiger partial charge in [-0.15, -0.1) is 0 Å². The Bertz CT molecular complexity index is 649. The highest BCUT2D eigenvalue weighted by molar-refractivity contribution is 8.14. The molecule has 0 aliphatic carbocycles. The summed E-state index contributed by atoms with van der Waals surface area (Å²) in [7, 11) is 0. The molecular formula is C21H31NO5S. The van der Waals surface area contributed by atoms with Gasteiger partial charge in [-0.05, 0) is 44.9 Å². The maximum atomic E-state index is 12.7. The number of amides is 1. The monoisotopic (exact) mass is 409 g/mol. The van der Waals surface area contributed by atoms with Crippen molar-refractivity contribution in [3.8, 4) is 0 Å². The molecule has 0 aromatic heterocycles. The minimum atomic E-state index is -1.01. The number of carbonyl (C=O) groups is 2. The maximum Gasteiger partial charge on any atom is 0.331 e. The average Bonchev–Trinajstić information content (AvgIpc) is 3.07. The molecule has 0 aromatic rings. The van der Waals surface area contributed by atoms with Gasteiger partial charge in [-0.3, -0.25) is 4.79 Å². The molecule has 0 radical (unpaired) electrons. The van der Waals surface area contributed by atoms with E-state index in [4.69, 9.17) is 9.47 Å². The van der Waals surface area contributed by atoms with Crippen LogP contribution in [0.2, 0.25) is 0 Å². The molecule has 3 aliphatic rings. The highest BCUT2D eigenvalue weighted by Crippen LogP contribution is 2.40. The number of hydrogen-bond donors (Lipinski definition) is 2. The third-order valence-corrected chi connectivity index (χ3v) is 6.80. The van der Waals surface area contributed by atoms with Gasteiger partial charge >= 0.3 is 5.97 Å². The van der Waals surface area contributed by atoms with Gasteiger partial charge in [0.2, 0.25) is 0 Å². The fourth-order valence-corrected chi connectivity index (χ4v) is 5.23. The summed E-state index contributed by atoms with van der Waals surface area (Å²) in [4.78, 5) is 24.5. The topological polar surface area (TPSA) is 84.9 Å². The van der Waals surface area contributed by atoms with E-state index < -0.39 is 17.9 Å². The highest BCUT2D eigenvalue weighted by atomic mass is 32.2. The lowest BCUT2D eigenvalue weighted by Crippen LogP contribution is -2.59. The standard InChI is InChI=1S/C21H31NO5S/c1-3-15-7-5-4-6-14(2)10-18(23)27-21(17-13-28-20(25)22-17)11-16(9-8-15)26-19(24)12-21/h5,7,10,15-17,19,24H,3-4,6,8-9,11-13H2,1-2H3,(H,22,25)/t15-,16-,17+,19-,21-/m1/s1. The van der Waals surface area contributed by atoms with Gasteiger partial charge in [-0.2, -0.15) is 0 Å². The van der Waals surface area contributed by atoms with Crippen LogP contribution in [0, 0.1) is 5.92 Å². The van der Waals surface area contributed by atoms with Crippen LogP contribution in [-0.2, 0) is 14.3 Å². The van der Waals surface area contributed by atoms with Crippen LogP contribution in [0.4, 0.5) is 4.79 Å². The van der Waals surface area contributed by atoms with E-state index in [2.05, 4.69) is 24.4 Å². The molecule has 3 rings (SSSR count). The summed E-state index contributed by atoms with van der Waals surface area (Å²) in [5.74, 6) is 0.576. The van der Waals surface area contributed by atoms with E-state index in [9.17, 15) is 14.7 Å². The lowest BCUT2D eigenvalue weighted by Gasteiger charge is -2.45. The van der Waals surface area contributed by atoms with Gasteiger partial charge in [0.25, 0.3) is 5.24 Å². The number of fused-ring (bicyclic) bond motifs is 2. The molecule has 3 aliphatic heterocycles. The molecule has 2 N–H and O–H groups in total. The van der Waals surface area contributed by atoms with Crippen molar-refractivity contribution in [2.75, 3.05) is 5.75 Å². The van der Waals surface area contributed by atoms with Crippen molar-refractivity contribution in [3.63, 3.8) is 0 Å². The Labute approximate surface area is 171 Å². The van der Waals surface area contributed by atoms with Crippen molar-refractivity contribution in [1.82, 2.24) is 5.32 Å². The van der Waals surface area contributed by atoms with Crippen molar-refractivity contribution in [2.24, 2.45) is 5.92 Å². The second kappa shape index (κ2) is 9.46. The van der Waals surface area contributed by atoms with Gasteiger partial charge in [0.1, 0.15) is 5.60 Å². The summed E-state index contributed by atoms with van der Waals surface area (Å²) in [5, 5.41) is 13.2. The van der Waals surface area contributed by atoms with Crippen LogP contribution in [0.25, 0.3) is 0 Å². The highest BCUT2D eigenvalue weighted by Gasteiger charge is 2.51. The van der Waals surface area contributed by atoms with E-state index in [0.717, 1.165) is 37.7 Å². The number of esters is 1. The first-order valence-corrected chi connectivity index (χ1v) is 11.2. The van der Waals surface area contributed by atoms with E-state index in [0.29, 0.717) is 18.1 Å². The van der Waals surface area contributed by atoms with Crippen LogP contribution in [0.3, 0.4) is 0 Å². The summed E-state index contributed by atoms with van der Waals surface area (Å²) in [5.41, 5.74) is 0.0145. The first kappa shape index (κ1) is 21.4. The molecule has 0 unspecified atom stereocenters. The van der Waals surface area contributed by atoms with E-state index >= 15 is 0 Å². The van der Waals surface area contributed by atoms with E-state index in [1.165, 1.54) is 11.8 Å². The Balaban J connectivity index is 1.89. The van der Waals surface area contributed by atoms with Crippen molar-refractivity contribution in [2.45, 2.75) is 82.8 Å². The second-order valence-electron chi connectivity index (χ2n) is 8.11. The quantitative estimate of drug-likeness (QED) is 0.534. The second-order valence-corrected chi connectivity index (χ2v) is 9.10. The fourth-order valence-electron chi connectivity index (χ4n) is 4.30. The summed E-state index contributed by atoms with van der Waals surface area (Å²) < 4.78 is 11.8. The summed E-state index contributed by atoms with van der Waals surface area (Å²) in [6.45, 7) is 4.11. The first-order valence-electron chi connectivity index (χ1n) is 10.2. The van der Waals surface area contributed by atoms with Crippen LogP contribution >= 0.6 is 11.8 Å². The Morgan fingerprint density at radius 2 is 2.14 bits per heavy atom. The predicted octanol–water partition coefficient (Wildman–Crippen LogP) is 3.69. The molecule has 7 heteroatoms. The van der Waals surface area contributed by atoms with Crippen LogP contribution in [0.15, 0.2) is 23.8 Å². The van der Waals surface area contributed by atoms with Gasteiger partial charge < -0.3 is 19.9 Å². The minimum absolute atomic E-state index is 0.115. The molecule has 1 amide bonds. The average molecular weight is 410 g/mol. The number of carbonyl (C=O) groups excluding carboxylic acids is 2. The molecule has 2 bridgehead atoms. The molecule has 2 saturated heterocycles. The Hall–Kier alpha value is -1.31. The molecule has 0 aromatic carbocycles. The maximum absolute atomic E-state index is 12.7. The van der Waals surface area contributed by atoms with Crippen molar-refractivity contribution < 1.29 is 24.2 Å². The summed E-state index contributed by atoms with van der Waals surface area (Å²) in [6.07, 6.45) is 9.90. The third-order valence-electron chi connectivity index (χ3n) is 5.92. The zero-order valence-corrected chi connectivity index (χ0v) is 17.5. The number of aliphatic hydroxyl groups excluding tert-OH is 1. The van der Waals surface area contributed by atoms with E-state index in [-0.39, 0.29) is 23.8 Å². The smallest absolute Gasteiger partial charge is 0.331 e. The van der Waals surface area contributed by atoms with E-state index in [1.54, 1.807) is 6.08 Å². The molecule has 3 heterocycles. The number of allylic oxidation sites excluding steroid dienone is 3. The van der Waals surface area contributed by atoms with Gasteiger partial charge in [0.05, 0.1) is 12.1 Å². The third kappa shape index (κ3) is 5.39. The lowest BCUT2D eigenvalue weighted by molar-refractivity contribution is -0.233. The molecule has 2 fully saturated rings. The SMILES string of the molecule is CC[C@@H]1C=CCCC(C)=CC(=O)O[C@]2([C@@H]3CSC(=O)N3)C[C@@H](CC1)O[C@@H](O)C2. The van der Waals surface area contributed by atoms with Crippen molar-refractivity contribution in [3.05, 3.63) is 23.8 Å².